The second-order valence-electron chi connectivity index (χ2n) is 6.31. The molecule has 0 spiro atoms. The fraction of sp³-hybridized carbons (Fsp3) is 0.300. The third-order valence-corrected chi connectivity index (χ3v) is 4.54. The molecular weight excluding hydrogens is 374 g/mol. The number of nitrogens with zero attached hydrogens (tertiary/aromatic N) is 4. The Balaban J connectivity index is 1.84. The Morgan fingerprint density at radius 2 is 1.55 bits per heavy atom. The number of ether oxygens (including phenoxy) is 3. The van der Waals surface area contributed by atoms with Crippen molar-refractivity contribution in [3.05, 3.63) is 47.3 Å². The highest BCUT2D eigenvalue weighted by Crippen LogP contribution is 2.38. The second-order valence-corrected chi connectivity index (χ2v) is 6.31. The molecule has 152 valence electrons. The summed E-state index contributed by atoms with van der Waals surface area (Å²) in [6.07, 6.45) is 3.10. The van der Waals surface area contributed by atoms with Crippen LogP contribution in [0.4, 0.5) is 5.69 Å². The first-order chi connectivity index (χ1) is 13.9. The van der Waals surface area contributed by atoms with Crippen molar-refractivity contribution >= 4 is 11.6 Å². The summed E-state index contributed by atoms with van der Waals surface area (Å²) >= 11 is 0. The van der Waals surface area contributed by atoms with Gasteiger partial charge in [-0.3, -0.25) is 9.36 Å². The van der Waals surface area contributed by atoms with E-state index >= 15 is 0 Å². The Hall–Kier alpha value is -3.62. The van der Waals surface area contributed by atoms with Gasteiger partial charge in [-0.15, -0.1) is 0 Å². The van der Waals surface area contributed by atoms with Crippen LogP contribution >= 0.6 is 0 Å². The first-order valence-electron chi connectivity index (χ1n) is 8.85. The number of hydrogen-bond acceptors (Lipinski definition) is 7. The normalized spacial score (nSPS) is 10.6. The Morgan fingerprint density at radius 1 is 0.966 bits per heavy atom. The van der Waals surface area contributed by atoms with E-state index in [1.54, 1.807) is 24.5 Å². The summed E-state index contributed by atoms with van der Waals surface area (Å²) in [5.41, 5.74) is 2.70. The smallest absolute Gasteiger partial charge is 0.256 e. The van der Waals surface area contributed by atoms with Crippen LogP contribution in [-0.2, 0) is 0 Å². The molecule has 0 bridgehead atoms. The van der Waals surface area contributed by atoms with Gasteiger partial charge in [-0.2, -0.15) is 0 Å². The zero-order chi connectivity index (χ0) is 21.1. The van der Waals surface area contributed by atoms with E-state index in [9.17, 15) is 4.79 Å². The van der Waals surface area contributed by atoms with E-state index in [1.165, 1.54) is 21.3 Å². The number of methoxy groups -OCH3 is 3. The number of hydrogen-bond donors (Lipinski definition) is 1. The lowest BCUT2D eigenvalue weighted by atomic mass is 10.1. The van der Waals surface area contributed by atoms with Gasteiger partial charge in [-0.25, -0.2) is 15.0 Å². The van der Waals surface area contributed by atoms with Crippen molar-refractivity contribution in [2.45, 2.75) is 20.8 Å². The lowest BCUT2D eigenvalue weighted by Crippen LogP contribution is -2.14. The van der Waals surface area contributed by atoms with E-state index in [2.05, 4.69) is 20.3 Å². The number of anilines is 1. The van der Waals surface area contributed by atoms with E-state index in [0.29, 0.717) is 34.4 Å². The van der Waals surface area contributed by atoms with E-state index in [1.807, 2.05) is 25.3 Å². The van der Waals surface area contributed by atoms with Crippen molar-refractivity contribution in [3.8, 4) is 23.2 Å². The first kappa shape index (κ1) is 20.1. The van der Waals surface area contributed by atoms with Gasteiger partial charge in [-0.1, -0.05) is 0 Å². The summed E-state index contributed by atoms with van der Waals surface area (Å²) in [7, 11) is 4.49. The van der Waals surface area contributed by atoms with Gasteiger partial charge >= 0.3 is 0 Å². The van der Waals surface area contributed by atoms with E-state index in [-0.39, 0.29) is 5.91 Å². The molecule has 2 aromatic heterocycles. The third kappa shape index (κ3) is 3.84. The molecular formula is C20H23N5O4. The number of imidazole rings is 1. The summed E-state index contributed by atoms with van der Waals surface area (Å²) in [5.74, 6) is 2.14. The van der Waals surface area contributed by atoms with Gasteiger partial charge in [0.1, 0.15) is 5.82 Å². The van der Waals surface area contributed by atoms with Gasteiger partial charge in [-0.05, 0) is 32.9 Å². The maximum atomic E-state index is 12.7. The molecule has 3 aromatic rings. The zero-order valence-electron chi connectivity index (χ0n) is 17.2. The van der Waals surface area contributed by atoms with Crippen molar-refractivity contribution in [1.29, 1.82) is 0 Å². The number of carbonyl (C=O) groups is 1. The first-order valence-corrected chi connectivity index (χ1v) is 8.85. The van der Waals surface area contributed by atoms with Gasteiger partial charge in [0.2, 0.25) is 11.7 Å². The summed E-state index contributed by atoms with van der Waals surface area (Å²) < 4.78 is 17.7. The molecule has 0 saturated carbocycles. The SMILES string of the molecule is COc1cc(C(=O)Nc2cnc(-n3c(C)nc(C)c3C)nc2)cc(OC)c1OC. The van der Waals surface area contributed by atoms with Crippen molar-refractivity contribution in [1.82, 2.24) is 19.5 Å². The van der Waals surface area contributed by atoms with Gasteiger partial charge in [0, 0.05) is 11.3 Å². The Kier molecular flexibility index (Phi) is 5.67. The monoisotopic (exact) mass is 397 g/mol. The molecule has 1 N–H and O–H groups in total. The number of rotatable bonds is 6. The summed E-state index contributed by atoms with van der Waals surface area (Å²) in [6, 6.07) is 3.15. The molecule has 0 radical (unpaired) electrons. The Morgan fingerprint density at radius 3 is 2.00 bits per heavy atom. The predicted molar refractivity (Wildman–Crippen MR) is 107 cm³/mol. The van der Waals surface area contributed by atoms with Gasteiger partial charge in [0.25, 0.3) is 5.91 Å². The molecule has 1 amide bonds. The quantitative estimate of drug-likeness (QED) is 0.682. The molecule has 2 heterocycles. The van der Waals surface area contributed by atoms with Crippen LogP contribution in [0.5, 0.6) is 17.2 Å². The summed E-state index contributed by atoms with van der Waals surface area (Å²) in [6.45, 7) is 5.78. The Labute approximate surface area is 168 Å². The number of amides is 1. The highest BCUT2D eigenvalue weighted by Gasteiger charge is 2.18. The standard InChI is InChI=1S/C20H23N5O4/c1-11-12(2)25(13(3)23-11)20-21-9-15(10-22-20)24-19(26)14-7-16(27-4)18(29-6)17(8-14)28-5/h7-10H,1-6H3,(H,24,26). The number of aromatic nitrogens is 4. The van der Waals surface area contributed by atoms with Crippen LogP contribution in [0.2, 0.25) is 0 Å². The molecule has 1 aromatic carbocycles. The van der Waals surface area contributed by atoms with Crippen LogP contribution in [0.1, 0.15) is 27.6 Å². The van der Waals surface area contributed by atoms with Gasteiger partial charge in [0.05, 0.1) is 45.1 Å². The fourth-order valence-electron chi connectivity index (χ4n) is 2.99. The average molecular weight is 397 g/mol. The van der Waals surface area contributed by atoms with Crippen LogP contribution in [-0.4, -0.2) is 46.8 Å². The van der Waals surface area contributed by atoms with Crippen molar-refractivity contribution in [2.75, 3.05) is 26.6 Å². The molecule has 3 rings (SSSR count). The minimum absolute atomic E-state index is 0.348. The van der Waals surface area contributed by atoms with Crippen molar-refractivity contribution in [3.63, 3.8) is 0 Å². The molecule has 0 fully saturated rings. The Bertz CT molecular complexity index is 1020. The largest absolute Gasteiger partial charge is 0.493 e. The molecule has 0 aliphatic heterocycles. The van der Waals surface area contributed by atoms with E-state index < -0.39 is 0 Å². The molecule has 0 atom stereocenters. The molecule has 0 aliphatic rings. The van der Waals surface area contributed by atoms with Crippen LogP contribution < -0.4 is 19.5 Å². The van der Waals surface area contributed by atoms with Crippen LogP contribution in [0, 0.1) is 20.8 Å². The molecule has 0 saturated heterocycles. The van der Waals surface area contributed by atoms with Crippen LogP contribution in [0.15, 0.2) is 24.5 Å². The molecule has 9 heteroatoms. The second kappa shape index (κ2) is 8.17. The highest BCUT2D eigenvalue weighted by molar-refractivity contribution is 6.05. The lowest BCUT2D eigenvalue weighted by Gasteiger charge is -2.14. The average Bonchev–Trinajstić information content (AvgIpc) is 2.98. The van der Waals surface area contributed by atoms with Gasteiger partial charge < -0.3 is 19.5 Å². The maximum Gasteiger partial charge on any atom is 0.256 e. The molecule has 0 aliphatic carbocycles. The van der Waals surface area contributed by atoms with E-state index in [4.69, 9.17) is 14.2 Å². The predicted octanol–water partition coefficient (Wildman–Crippen LogP) is 2.87. The lowest BCUT2D eigenvalue weighted by molar-refractivity contribution is 0.102. The number of aryl methyl sites for hydroxylation is 2. The van der Waals surface area contributed by atoms with Gasteiger partial charge in [0.15, 0.2) is 11.5 Å². The third-order valence-electron chi connectivity index (χ3n) is 4.54. The van der Waals surface area contributed by atoms with Crippen molar-refractivity contribution in [2.24, 2.45) is 0 Å². The maximum absolute atomic E-state index is 12.7. The fourth-order valence-corrected chi connectivity index (χ4v) is 2.99. The minimum Gasteiger partial charge on any atom is -0.493 e. The zero-order valence-corrected chi connectivity index (χ0v) is 17.2. The highest BCUT2D eigenvalue weighted by atomic mass is 16.5. The topological polar surface area (TPSA) is 100 Å². The summed E-state index contributed by atoms with van der Waals surface area (Å²) in [4.78, 5) is 25.8. The molecule has 0 unspecified atom stereocenters. The number of nitrogens with one attached hydrogen (secondary N) is 1. The summed E-state index contributed by atoms with van der Waals surface area (Å²) in [5, 5.41) is 2.77. The molecule has 29 heavy (non-hydrogen) atoms. The van der Waals surface area contributed by atoms with E-state index in [0.717, 1.165) is 17.2 Å². The van der Waals surface area contributed by atoms with Crippen molar-refractivity contribution < 1.29 is 19.0 Å². The number of carbonyl (C=O) groups excluding carboxylic acids is 1. The van der Waals surface area contributed by atoms with Crippen LogP contribution in [0.3, 0.4) is 0 Å². The van der Waals surface area contributed by atoms with Crippen LogP contribution in [0.25, 0.3) is 5.95 Å². The molecule has 9 nitrogen and oxygen atoms in total. The minimum atomic E-state index is -0.355. The number of benzene rings is 1.